The number of alkyl halides is 1. The molecule has 4 nitrogen and oxygen atoms in total. The standard InChI is InChI=1S/C32H27BrN2O2.2F6P/c1-22(36)37-21-26-8-6-25(7-9-26)16-35-19-29-12-10-27-17-34(15-24-4-2-23(14-33)3-5-24)18-28-11-13-30(20-35)32(29)31(27)28;2*1-7(2,3,4,5)6/h2-13,17-20H,14-16,21H2,1H3;;/q+2;2*-1. The van der Waals surface area contributed by atoms with Gasteiger partial charge in [-0.3, -0.25) is 4.79 Å². The SMILES string of the molecule is CC(=O)OCc1ccc(C[n+]2cc3ccc4c[n+](Cc5ccc(CBr)cc5)cc5ccc(c2)c3c45)cc1.F[P-](F)(F)(F)(F)F.F[P-](F)(F)(F)(F)F. The summed E-state index contributed by atoms with van der Waals surface area (Å²) >= 11 is 3.52. The summed E-state index contributed by atoms with van der Waals surface area (Å²) in [5.41, 5.74) is 4.78. The van der Waals surface area contributed by atoms with Crippen molar-refractivity contribution in [3.8, 4) is 0 Å². The molecule has 0 spiro atoms. The van der Waals surface area contributed by atoms with Crippen LogP contribution in [0.4, 0.5) is 50.4 Å². The Labute approximate surface area is 290 Å². The molecule has 0 amide bonds. The Balaban J connectivity index is 0.000000353. The second-order valence-corrected chi connectivity index (χ2v) is 16.0. The number of pyridine rings is 2. The fourth-order valence-corrected chi connectivity index (χ4v) is 5.46. The van der Waals surface area contributed by atoms with Crippen LogP contribution < -0.4 is 9.13 Å². The van der Waals surface area contributed by atoms with Gasteiger partial charge in [0.1, 0.15) is 6.61 Å². The third-order valence-electron chi connectivity index (χ3n) is 6.88. The molecule has 0 saturated heterocycles. The molecule has 6 aromatic rings. The quantitative estimate of drug-likeness (QED) is 0.0401. The van der Waals surface area contributed by atoms with Crippen LogP contribution in [0, 0.1) is 0 Å². The van der Waals surface area contributed by atoms with E-state index in [1.54, 1.807) is 0 Å². The second-order valence-electron chi connectivity index (χ2n) is 11.6. The molecule has 0 saturated carbocycles. The molecule has 2 heterocycles. The van der Waals surface area contributed by atoms with Gasteiger partial charge in [-0.05, 0) is 35.4 Å². The van der Waals surface area contributed by atoms with E-state index in [-0.39, 0.29) is 5.97 Å². The molecule has 19 heteroatoms. The number of benzene rings is 4. The van der Waals surface area contributed by atoms with E-state index in [1.165, 1.54) is 55.9 Å². The van der Waals surface area contributed by atoms with Gasteiger partial charge in [0.2, 0.25) is 0 Å². The molecule has 0 unspecified atom stereocenters. The van der Waals surface area contributed by atoms with Crippen LogP contribution in [-0.2, 0) is 34.6 Å². The summed E-state index contributed by atoms with van der Waals surface area (Å²) in [4.78, 5) is 11.1. The third-order valence-corrected chi connectivity index (χ3v) is 7.53. The molecular weight excluding hydrogens is 814 g/mol. The molecule has 0 fully saturated rings. The predicted molar refractivity (Wildman–Crippen MR) is 177 cm³/mol. The number of rotatable bonds is 7. The van der Waals surface area contributed by atoms with Crippen molar-refractivity contribution in [1.29, 1.82) is 0 Å². The Morgan fingerprint density at radius 1 is 0.529 bits per heavy atom. The number of esters is 1. The molecule has 0 radical (unpaired) electrons. The van der Waals surface area contributed by atoms with Crippen molar-refractivity contribution in [3.05, 3.63) is 120 Å². The van der Waals surface area contributed by atoms with Gasteiger partial charge in [0, 0.05) is 55.7 Å². The van der Waals surface area contributed by atoms with Crippen molar-refractivity contribution in [2.75, 3.05) is 0 Å². The van der Waals surface area contributed by atoms with Crippen molar-refractivity contribution in [2.24, 2.45) is 0 Å². The summed E-state index contributed by atoms with van der Waals surface area (Å²) in [6.07, 6.45) is 9.00. The average Bonchev–Trinajstić information content (AvgIpc) is 2.96. The van der Waals surface area contributed by atoms with Crippen LogP contribution in [-0.4, -0.2) is 5.97 Å². The van der Waals surface area contributed by atoms with E-state index in [2.05, 4.69) is 111 Å². The van der Waals surface area contributed by atoms with Crippen LogP contribution in [0.1, 0.15) is 29.2 Å². The van der Waals surface area contributed by atoms with Gasteiger partial charge >= 0.3 is 71.9 Å². The van der Waals surface area contributed by atoms with Crippen molar-refractivity contribution in [3.63, 3.8) is 0 Å². The van der Waals surface area contributed by atoms with Gasteiger partial charge in [-0.15, -0.1) is 0 Å². The van der Waals surface area contributed by atoms with Crippen molar-refractivity contribution >= 4 is 69.8 Å². The van der Waals surface area contributed by atoms with Gasteiger partial charge in [0.15, 0.2) is 37.9 Å². The Kier molecular flexibility index (Phi) is 9.95. The number of carbonyl (C=O) groups is 1. The molecular formula is C32H27BrF12N2O2P2. The predicted octanol–water partition coefficient (Wildman–Crippen LogP) is 13.0. The minimum absolute atomic E-state index is 0.261. The summed E-state index contributed by atoms with van der Waals surface area (Å²) < 4.78 is 128. The molecule has 0 aliphatic heterocycles. The van der Waals surface area contributed by atoms with E-state index in [4.69, 9.17) is 4.74 Å². The van der Waals surface area contributed by atoms with E-state index >= 15 is 0 Å². The molecule has 0 atom stereocenters. The minimum atomic E-state index is -10.7. The second kappa shape index (κ2) is 12.7. The van der Waals surface area contributed by atoms with E-state index in [9.17, 15) is 55.2 Å². The zero-order valence-electron chi connectivity index (χ0n) is 26.1. The topological polar surface area (TPSA) is 34.1 Å². The number of ether oxygens (including phenoxy) is 1. The number of carbonyl (C=O) groups excluding carboxylic acids is 1. The van der Waals surface area contributed by atoms with Gasteiger partial charge in [-0.1, -0.05) is 64.5 Å². The summed E-state index contributed by atoms with van der Waals surface area (Å²) in [7, 11) is -21.3. The van der Waals surface area contributed by atoms with Crippen LogP contribution in [0.25, 0.3) is 32.3 Å². The average molecular weight is 841 g/mol. The molecule has 6 rings (SSSR count). The summed E-state index contributed by atoms with van der Waals surface area (Å²) in [5, 5.41) is 8.52. The van der Waals surface area contributed by atoms with Crippen LogP contribution in [0.3, 0.4) is 0 Å². The van der Waals surface area contributed by atoms with E-state index in [0.29, 0.717) is 6.61 Å². The Morgan fingerprint density at radius 3 is 1.08 bits per heavy atom. The first-order valence-corrected chi connectivity index (χ1v) is 19.6. The summed E-state index contributed by atoms with van der Waals surface area (Å²) in [6, 6.07) is 26.0. The van der Waals surface area contributed by atoms with Gasteiger partial charge in [-0.2, -0.15) is 9.13 Å². The molecule has 4 aromatic carbocycles. The normalized spacial score (nSPS) is 14.7. The molecule has 2 aromatic heterocycles. The molecule has 0 aliphatic rings. The maximum atomic E-state index is 11.1. The first kappa shape index (κ1) is 40.0. The van der Waals surface area contributed by atoms with Crippen LogP contribution >= 0.6 is 31.5 Å². The Hall–Kier alpha value is -3.81. The first-order chi connectivity index (χ1) is 23.0. The number of hydrogen-bond acceptors (Lipinski definition) is 2. The molecule has 51 heavy (non-hydrogen) atoms. The third kappa shape index (κ3) is 15.1. The van der Waals surface area contributed by atoms with Gasteiger partial charge < -0.3 is 4.74 Å². The van der Waals surface area contributed by atoms with Crippen LogP contribution in [0.15, 0.2) is 97.6 Å². The maximum absolute atomic E-state index is 11.1. The Morgan fingerprint density at radius 2 is 0.804 bits per heavy atom. The zero-order valence-corrected chi connectivity index (χ0v) is 29.5. The summed E-state index contributed by atoms with van der Waals surface area (Å²) in [5.74, 6) is -0.261. The monoisotopic (exact) mass is 840 g/mol. The number of nitrogens with zero attached hydrogens (tertiary/aromatic N) is 2. The van der Waals surface area contributed by atoms with E-state index in [1.807, 2.05) is 12.1 Å². The van der Waals surface area contributed by atoms with Crippen LogP contribution in [0.5, 0.6) is 0 Å². The van der Waals surface area contributed by atoms with Gasteiger partial charge in [0.25, 0.3) is 0 Å². The number of halogens is 13. The molecule has 0 aliphatic carbocycles. The van der Waals surface area contributed by atoms with E-state index in [0.717, 1.165) is 24.0 Å². The fourth-order valence-electron chi connectivity index (χ4n) is 5.09. The van der Waals surface area contributed by atoms with Crippen LogP contribution in [0.2, 0.25) is 0 Å². The fraction of sp³-hybridized carbons (Fsp3) is 0.156. The summed E-state index contributed by atoms with van der Waals surface area (Å²) in [6.45, 7) is 3.37. The van der Waals surface area contributed by atoms with Gasteiger partial charge in [0.05, 0.1) is 0 Å². The number of aromatic nitrogens is 2. The van der Waals surface area contributed by atoms with Gasteiger partial charge in [-0.25, -0.2) is 0 Å². The molecule has 278 valence electrons. The first-order valence-electron chi connectivity index (χ1n) is 14.4. The number of hydrogen-bond donors (Lipinski definition) is 0. The van der Waals surface area contributed by atoms with Crippen molar-refractivity contribution in [1.82, 2.24) is 0 Å². The zero-order chi connectivity index (χ0) is 38.2. The van der Waals surface area contributed by atoms with E-state index < -0.39 is 15.6 Å². The van der Waals surface area contributed by atoms with Crippen molar-refractivity contribution < 1.29 is 69.0 Å². The molecule has 0 N–H and O–H groups in total. The van der Waals surface area contributed by atoms with Crippen molar-refractivity contribution in [2.45, 2.75) is 32.0 Å². The Bertz CT molecular complexity index is 2080. The molecule has 0 bridgehead atoms.